The molecule has 1 aromatic heterocycles. The Morgan fingerprint density at radius 1 is 1.50 bits per heavy atom. The molecule has 0 N–H and O–H groups in total. The quantitative estimate of drug-likeness (QED) is 0.803. The zero-order valence-corrected chi connectivity index (χ0v) is 8.95. The predicted molar refractivity (Wildman–Crippen MR) is 57.5 cm³/mol. The number of rotatable bonds is 2. The van der Waals surface area contributed by atoms with Crippen LogP contribution in [0.15, 0.2) is 30.6 Å². The number of halogens is 2. The summed E-state index contributed by atoms with van der Waals surface area (Å²) in [7, 11) is 0. The summed E-state index contributed by atoms with van der Waals surface area (Å²) in [4.78, 5) is 0. The van der Waals surface area contributed by atoms with Crippen molar-refractivity contribution >= 4 is 11.6 Å². The van der Waals surface area contributed by atoms with Crippen molar-refractivity contribution in [1.29, 1.82) is 5.26 Å². The summed E-state index contributed by atoms with van der Waals surface area (Å²) >= 11 is 5.78. The van der Waals surface area contributed by atoms with E-state index in [9.17, 15) is 4.39 Å². The van der Waals surface area contributed by atoms with E-state index in [1.807, 2.05) is 0 Å². The fourth-order valence-electron chi connectivity index (χ4n) is 1.40. The summed E-state index contributed by atoms with van der Waals surface area (Å²) in [6, 6.07) is 6.37. The van der Waals surface area contributed by atoms with Crippen LogP contribution in [-0.2, 0) is 6.54 Å². The number of hydrogen-bond donors (Lipinski definition) is 0. The van der Waals surface area contributed by atoms with Crippen LogP contribution < -0.4 is 0 Å². The lowest BCUT2D eigenvalue weighted by Gasteiger charge is -2.04. The monoisotopic (exact) mass is 235 g/mol. The molecule has 1 heterocycles. The van der Waals surface area contributed by atoms with Crippen LogP contribution in [0.5, 0.6) is 0 Å². The van der Waals surface area contributed by atoms with Gasteiger partial charge < -0.3 is 0 Å². The molecule has 80 valence electrons. The first kappa shape index (κ1) is 10.7. The molecule has 16 heavy (non-hydrogen) atoms. The summed E-state index contributed by atoms with van der Waals surface area (Å²) < 4.78 is 15.1. The first-order valence-electron chi connectivity index (χ1n) is 4.56. The topological polar surface area (TPSA) is 41.6 Å². The van der Waals surface area contributed by atoms with Gasteiger partial charge in [-0.1, -0.05) is 11.6 Å². The lowest BCUT2D eigenvalue weighted by molar-refractivity contribution is 0.616. The normalized spacial score (nSPS) is 10.1. The molecule has 0 fully saturated rings. The van der Waals surface area contributed by atoms with E-state index >= 15 is 0 Å². The van der Waals surface area contributed by atoms with Gasteiger partial charge in [0.2, 0.25) is 0 Å². The number of aromatic nitrogens is 2. The van der Waals surface area contributed by atoms with Crippen molar-refractivity contribution in [3.63, 3.8) is 0 Å². The zero-order chi connectivity index (χ0) is 11.5. The van der Waals surface area contributed by atoms with Crippen molar-refractivity contribution in [1.82, 2.24) is 9.78 Å². The average Bonchev–Trinajstić information content (AvgIpc) is 2.70. The highest BCUT2D eigenvalue weighted by atomic mass is 35.5. The Kier molecular flexibility index (Phi) is 2.88. The highest BCUT2D eigenvalue weighted by Gasteiger charge is 2.09. The Morgan fingerprint density at radius 3 is 2.88 bits per heavy atom. The van der Waals surface area contributed by atoms with Crippen LogP contribution in [0.1, 0.15) is 11.1 Å². The van der Waals surface area contributed by atoms with Gasteiger partial charge in [0.25, 0.3) is 0 Å². The van der Waals surface area contributed by atoms with Gasteiger partial charge in [0.15, 0.2) is 0 Å². The number of nitrogens with zero attached hydrogens (tertiary/aromatic N) is 3. The maximum Gasteiger partial charge on any atom is 0.142 e. The second-order valence-corrected chi connectivity index (χ2v) is 3.66. The fraction of sp³-hybridized carbons (Fsp3) is 0.0909. The summed E-state index contributed by atoms with van der Waals surface area (Å²) in [6.07, 6.45) is 3.41. The third-order valence-electron chi connectivity index (χ3n) is 2.12. The smallest absolute Gasteiger partial charge is 0.142 e. The summed E-state index contributed by atoms with van der Waals surface area (Å²) in [5.41, 5.74) is 0.552. The molecule has 3 nitrogen and oxygen atoms in total. The van der Waals surface area contributed by atoms with Crippen molar-refractivity contribution in [2.75, 3.05) is 0 Å². The lowest BCUT2D eigenvalue weighted by atomic mass is 10.1. The molecule has 5 heteroatoms. The Balaban J connectivity index is 2.34. The lowest BCUT2D eigenvalue weighted by Crippen LogP contribution is -2.01. The molecule has 0 unspecified atom stereocenters. The molecule has 0 saturated heterocycles. The first-order chi connectivity index (χ1) is 7.70. The molecule has 0 saturated carbocycles. The van der Waals surface area contributed by atoms with Gasteiger partial charge in [-0.25, -0.2) is 4.39 Å². The van der Waals surface area contributed by atoms with Crippen molar-refractivity contribution in [2.45, 2.75) is 6.54 Å². The number of benzene rings is 1. The molecule has 0 bridgehead atoms. The van der Waals surface area contributed by atoms with E-state index in [1.165, 1.54) is 6.07 Å². The Hall–Kier alpha value is -1.86. The van der Waals surface area contributed by atoms with E-state index < -0.39 is 5.82 Å². The molecule has 0 atom stereocenters. The fourth-order valence-corrected chi connectivity index (χ4v) is 1.68. The third-order valence-corrected chi connectivity index (χ3v) is 2.42. The van der Waals surface area contributed by atoms with Gasteiger partial charge in [-0.05, 0) is 23.8 Å². The summed E-state index contributed by atoms with van der Waals surface area (Å²) in [5, 5.41) is 12.8. The van der Waals surface area contributed by atoms with Crippen LogP contribution in [0.3, 0.4) is 0 Å². The summed E-state index contributed by atoms with van der Waals surface area (Å²) in [5.74, 6) is -0.600. The second-order valence-electron chi connectivity index (χ2n) is 3.25. The van der Waals surface area contributed by atoms with E-state index in [2.05, 4.69) is 5.10 Å². The highest BCUT2D eigenvalue weighted by molar-refractivity contribution is 6.31. The van der Waals surface area contributed by atoms with Crippen LogP contribution in [-0.4, -0.2) is 9.78 Å². The Morgan fingerprint density at radius 2 is 2.31 bits per heavy atom. The molecule has 1 aromatic carbocycles. The molecule has 0 radical (unpaired) electrons. The summed E-state index contributed by atoms with van der Waals surface area (Å²) in [6.45, 7) is 0.426. The standard InChI is InChI=1S/C11H7ClFN3/c12-10-4-8(5-11(13)9(10)6-14)7-16-3-1-2-15-16/h1-5H,7H2. The average molecular weight is 236 g/mol. The van der Waals surface area contributed by atoms with Crippen LogP contribution in [0.2, 0.25) is 5.02 Å². The van der Waals surface area contributed by atoms with E-state index in [1.54, 1.807) is 35.3 Å². The van der Waals surface area contributed by atoms with E-state index in [0.717, 1.165) is 0 Å². The first-order valence-corrected chi connectivity index (χ1v) is 4.94. The molecule has 0 amide bonds. The molecule has 0 aliphatic carbocycles. The van der Waals surface area contributed by atoms with Crippen LogP contribution in [0.4, 0.5) is 4.39 Å². The van der Waals surface area contributed by atoms with Gasteiger partial charge in [-0.15, -0.1) is 0 Å². The molecule has 0 aliphatic heterocycles. The van der Waals surface area contributed by atoms with Gasteiger partial charge in [-0.3, -0.25) is 4.68 Å². The highest BCUT2D eigenvalue weighted by Crippen LogP contribution is 2.21. The number of nitriles is 1. The minimum absolute atomic E-state index is 0.120. The second kappa shape index (κ2) is 4.33. The number of hydrogen-bond acceptors (Lipinski definition) is 2. The van der Waals surface area contributed by atoms with Crippen LogP contribution in [0.25, 0.3) is 0 Å². The Bertz CT molecular complexity index is 520. The maximum absolute atomic E-state index is 13.4. The predicted octanol–water partition coefficient (Wildman–Crippen LogP) is 2.60. The minimum Gasteiger partial charge on any atom is -0.268 e. The molecule has 2 aromatic rings. The van der Waals surface area contributed by atoms with Crippen LogP contribution >= 0.6 is 11.6 Å². The van der Waals surface area contributed by atoms with Gasteiger partial charge in [-0.2, -0.15) is 10.4 Å². The van der Waals surface area contributed by atoms with Gasteiger partial charge in [0, 0.05) is 12.4 Å². The molecule has 0 aliphatic rings. The van der Waals surface area contributed by atoms with Crippen LogP contribution in [0, 0.1) is 17.1 Å². The van der Waals surface area contributed by atoms with Crippen molar-refractivity contribution in [3.05, 3.63) is 52.6 Å². The van der Waals surface area contributed by atoms with E-state index in [4.69, 9.17) is 16.9 Å². The minimum atomic E-state index is -0.600. The van der Waals surface area contributed by atoms with Gasteiger partial charge in [0.05, 0.1) is 11.6 Å². The molecular weight excluding hydrogens is 229 g/mol. The van der Waals surface area contributed by atoms with E-state index in [-0.39, 0.29) is 10.6 Å². The zero-order valence-electron chi connectivity index (χ0n) is 8.19. The third kappa shape index (κ3) is 2.05. The van der Waals surface area contributed by atoms with Crippen molar-refractivity contribution in [2.24, 2.45) is 0 Å². The molecule has 0 spiro atoms. The van der Waals surface area contributed by atoms with Gasteiger partial charge >= 0.3 is 0 Å². The van der Waals surface area contributed by atoms with Gasteiger partial charge in [0.1, 0.15) is 17.4 Å². The Labute approximate surface area is 96.7 Å². The molecular formula is C11H7ClFN3. The molecule has 2 rings (SSSR count). The largest absolute Gasteiger partial charge is 0.268 e. The maximum atomic E-state index is 13.4. The SMILES string of the molecule is N#Cc1c(F)cc(Cn2cccn2)cc1Cl. The van der Waals surface area contributed by atoms with Crippen molar-refractivity contribution in [3.8, 4) is 6.07 Å². The van der Waals surface area contributed by atoms with Crippen molar-refractivity contribution < 1.29 is 4.39 Å². The van der Waals surface area contributed by atoms with E-state index in [0.29, 0.717) is 12.1 Å².